The molecule has 0 saturated carbocycles. The zero-order valence-corrected chi connectivity index (χ0v) is 22.9. The fourth-order valence-corrected chi connectivity index (χ4v) is 5.42. The van der Waals surface area contributed by atoms with Crippen molar-refractivity contribution in [3.05, 3.63) is 53.8 Å². The number of anilines is 2. The van der Waals surface area contributed by atoms with Crippen molar-refractivity contribution in [1.82, 2.24) is 29.7 Å². The maximum Gasteiger partial charge on any atom is 0.139 e. The number of benzene rings is 1. The molecule has 0 aliphatic carbocycles. The molecule has 9 heteroatoms. The summed E-state index contributed by atoms with van der Waals surface area (Å²) in [7, 11) is 6.09. The number of nitrogens with zero attached hydrogens (tertiary/aromatic N) is 5. The van der Waals surface area contributed by atoms with Crippen LogP contribution in [0.1, 0.15) is 12.1 Å². The van der Waals surface area contributed by atoms with Crippen molar-refractivity contribution in [2.24, 2.45) is 0 Å². The van der Waals surface area contributed by atoms with Crippen LogP contribution in [-0.4, -0.2) is 103 Å². The molecule has 6 rings (SSSR count). The molecule has 5 heterocycles. The number of pyridine rings is 1. The predicted molar refractivity (Wildman–Crippen MR) is 155 cm³/mol. The second kappa shape index (κ2) is 12.1. The molecule has 0 bridgehead atoms. The van der Waals surface area contributed by atoms with Crippen molar-refractivity contribution in [2.45, 2.75) is 6.42 Å². The van der Waals surface area contributed by atoms with Gasteiger partial charge < -0.3 is 24.8 Å². The van der Waals surface area contributed by atoms with E-state index in [4.69, 9.17) is 4.74 Å². The molecule has 0 radical (unpaired) electrons. The maximum absolute atomic E-state index is 5.02. The number of methoxy groups -OCH3 is 1. The van der Waals surface area contributed by atoms with Gasteiger partial charge in [0.1, 0.15) is 5.65 Å². The van der Waals surface area contributed by atoms with Crippen LogP contribution in [0.15, 0.2) is 48.1 Å². The first-order chi connectivity index (χ1) is 18.1. The van der Waals surface area contributed by atoms with Crippen molar-refractivity contribution in [3.63, 3.8) is 0 Å². The lowest BCUT2D eigenvalue weighted by Gasteiger charge is -2.31. The summed E-state index contributed by atoms with van der Waals surface area (Å²) >= 11 is 1.66. The van der Waals surface area contributed by atoms with Crippen LogP contribution in [0.25, 0.3) is 26.8 Å². The van der Waals surface area contributed by atoms with E-state index < -0.39 is 0 Å². The van der Waals surface area contributed by atoms with Crippen molar-refractivity contribution in [2.75, 3.05) is 78.9 Å². The minimum absolute atomic E-state index is 0.865. The molecular weight excluding hydrogens is 482 g/mol. The highest BCUT2D eigenvalue weighted by molar-refractivity contribution is 7.16. The lowest BCUT2D eigenvalue weighted by Crippen LogP contribution is -2.45. The average Bonchev–Trinajstić information content (AvgIpc) is 3.57. The largest absolute Gasteiger partial charge is 0.383 e. The van der Waals surface area contributed by atoms with Crippen molar-refractivity contribution < 1.29 is 4.74 Å². The Hall–Kier alpha value is -2.82. The van der Waals surface area contributed by atoms with Crippen molar-refractivity contribution >= 4 is 49.5 Å². The Balaban J connectivity index is 0.000000215. The Bertz CT molecular complexity index is 1340. The summed E-state index contributed by atoms with van der Waals surface area (Å²) in [5.74, 6) is 0. The number of nitrogens with one attached hydrogen (secondary N) is 2. The summed E-state index contributed by atoms with van der Waals surface area (Å²) in [6, 6.07) is 10.5. The van der Waals surface area contributed by atoms with E-state index in [2.05, 4.69) is 79.4 Å². The highest BCUT2D eigenvalue weighted by atomic mass is 32.1. The summed E-state index contributed by atoms with van der Waals surface area (Å²) in [5.41, 5.74) is 8.52. The van der Waals surface area contributed by atoms with Gasteiger partial charge in [0.15, 0.2) is 0 Å². The Labute approximate surface area is 222 Å². The third-order valence-corrected chi connectivity index (χ3v) is 7.90. The molecule has 1 fully saturated rings. The third-order valence-electron chi connectivity index (χ3n) is 7.11. The van der Waals surface area contributed by atoms with Crippen LogP contribution in [-0.2, 0) is 4.74 Å². The van der Waals surface area contributed by atoms with Gasteiger partial charge in [-0.1, -0.05) is 6.08 Å². The van der Waals surface area contributed by atoms with Gasteiger partial charge in [0, 0.05) is 75.9 Å². The van der Waals surface area contributed by atoms with Crippen molar-refractivity contribution in [3.8, 4) is 0 Å². The van der Waals surface area contributed by atoms with Gasteiger partial charge in [-0.25, -0.2) is 9.97 Å². The summed E-state index contributed by atoms with van der Waals surface area (Å²) in [6.45, 7) is 8.83. The number of thiazole rings is 1. The number of hydrogen-bond acceptors (Lipinski definition) is 8. The first-order valence-corrected chi connectivity index (χ1v) is 13.8. The van der Waals surface area contributed by atoms with Gasteiger partial charge in [-0.15, -0.1) is 11.3 Å². The number of fused-ring (bicyclic) bond motifs is 2. The maximum atomic E-state index is 5.02. The molecule has 1 saturated heterocycles. The minimum atomic E-state index is 0.865. The molecule has 2 aliphatic rings. The summed E-state index contributed by atoms with van der Waals surface area (Å²) in [6.07, 6.45) is 5.21. The molecule has 8 nitrogen and oxygen atoms in total. The number of rotatable bonds is 6. The fraction of sp³-hybridized carbons (Fsp3) is 0.429. The van der Waals surface area contributed by atoms with E-state index in [1.807, 2.05) is 17.8 Å². The molecule has 4 aromatic rings. The van der Waals surface area contributed by atoms with Gasteiger partial charge >= 0.3 is 0 Å². The second-order valence-electron chi connectivity index (χ2n) is 9.84. The Morgan fingerprint density at radius 2 is 1.89 bits per heavy atom. The van der Waals surface area contributed by atoms with E-state index >= 15 is 0 Å². The zero-order chi connectivity index (χ0) is 25.6. The molecule has 0 atom stereocenters. The fourth-order valence-electron chi connectivity index (χ4n) is 4.70. The van der Waals surface area contributed by atoms with E-state index in [0.717, 1.165) is 60.6 Å². The van der Waals surface area contributed by atoms with Crippen LogP contribution in [0.4, 0.5) is 11.4 Å². The van der Waals surface area contributed by atoms with Gasteiger partial charge in [-0.3, -0.25) is 4.90 Å². The predicted octanol–water partition coefficient (Wildman–Crippen LogP) is 4.52. The first-order valence-electron chi connectivity index (χ1n) is 12.9. The third kappa shape index (κ3) is 6.55. The zero-order valence-electron chi connectivity index (χ0n) is 22.0. The summed E-state index contributed by atoms with van der Waals surface area (Å²) in [5, 5.41) is 4.66. The first kappa shape index (κ1) is 25.8. The molecule has 3 aromatic heterocycles. The molecule has 1 aromatic carbocycles. The SMILES string of the molecule is CN1CC=C(c2cc3c(Nc4ccc5ncsc5c4)ccnc3[nH]2)CC1.COCCN1CCN(C)CC1. The molecule has 0 unspecified atom stereocenters. The van der Waals surface area contributed by atoms with Gasteiger partial charge in [0.25, 0.3) is 0 Å². The molecule has 37 heavy (non-hydrogen) atoms. The number of hydrogen-bond donors (Lipinski definition) is 2. The van der Waals surface area contributed by atoms with E-state index in [-0.39, 0.29) is 0 Å². The highest BCUT2D eigenvalue weighted by Crippen LogP contribution is 2.31. The van der Waals surface area contributed by atoms with Gasteiger partial charge in [-0.05, 0) is 56.4 Å². The summed E-state index contributed by atoms with van der Waals surface area (Å²) in [4.78, 5) is 19.5. The molecule has 0 spiro atoms. The highest BCUT2D eigenvalue weighted by Gasteiger charge is 2.14. The Kier molecular flexibility index (Phi) is 8.48. The Morgan fingerprint density at radius 1 is 1.03 bits per heavy atom. The number of aromatic nitrogens is 3. The van der Waals surface area contributed by atoms with Crippen molar-refractivity contribution in [1.29, 1.82) is 0 Å². The summed E-state index contributed by atoms with van der Waals surface area (Å²) < 4.78 is 6.20. The normalized spacial score (nSPS) is 17.5. The topological polar surface area (TPSA) is 72.5 Å². The second-order valence-corrected chi connectivity index (χ2v) is 10.7. The van der Waals surface area contributed by atoms with Crippen LogP contribution in [0.5, 0.6) is 0 Å². The average molecular weight is 520 g/mol. The molecule has 0 amide bonds. The lowest BCUT2D eigenvalue weighted by molar-refractivity contribution is 0.108. The lowest BCUT2D eigenvalue weighted by atomic mass is 10.1. The number of aromatic amines is 1. The van der Waals surface area contributed by atoms with Gasteiger partial charge in [0.2, 0.25) is 0 Å². The van der Waals surface area contributed by atoms with E-state index in [9.17, 15) is 0 Å². The molecule has 196 valence electrons. The quantitative estimate of drug-likeness (QED) is 0.388. The van der Waals surface area contributed by atoms with E-state index in [1.54, 1.807) is 18.4 Å². The monoisotopic (exact) mass is 519 g/mol. The van der Waals surface area contributed by atoms with Gasteiger partial charge in [0.05, 0.1) is 28.0 Å². The van der Waals surface area contributed by atoms with Crippen LogP contribution < -0.4 is 5.32 Å². The van der Waals surface area contributed by atoms with Crippen LogP contribution in [0.2, 0.25) is 0 Å². The smallest absolute Gasteiger partial charge is 0.139 e. The number of piperazine rings is 1. The molecular formula is C28H37N7OS. The molecule has 2 aliphatic heterocycles. The van der Waals surface area contributed by atoms with Crippen LogP contribution >= 0.6 is 11.3 Å². The molecule has 2 N–H and O–H groups in total. The Morgan fingerprint density at radius 3 is 2.68 bits per heavy atom. The van der Waals surface area contributed by atoms with Crippen LogP contribution in [0, 0.1) is 0 Å². The number of likely N-dealkylation sites (N-methyl/N-ethyl adjacent to an activating group) is 2. The van der Waals surface area contributed by atoms with Crippen LogP contribution in [0.3, 0.4) is 0 Å². The minimum Gasteiger partial charge on any atom is -0.383 e. The van der Waals surface area contributed by atoms with E-state index in [1.165, 1.54) is 42.1 Å². The van der Waals surface area contributed by atoms with Gasteiger partial charge in [-0.2, -0.15) is 0 Å². The number of ether oxygens (including phenoxy) is 1. The van der Waals surface area contributed by atoms with E-state index in [0.29, 0.717) is 0 Å². The standard InChI is InChI=1S/C20H19N5S.C8H18N2O/c1-25-8-5-13(6-9-25)18-11-15-16(4-7-21-20(15)24-18)23-14-2-3-17-19(10-14)26-12-22-17;1-9-3-5-10(6-4-9)7-8-11-2/h2-5,7,10-12H,6,8-9H2,1H3,(H2,21,23,24);3-8H2,1-2H3. The number of H-pyrrole nitrogens is 1.